The summed E-state index contributed by atoms with van der Waals surface area (Å²) < 4.78 is 0. The van der Waals surface area contributed by atoms with E-state index in [1.807, 2.05) is 0 Å². The smallest absolute Gasteiger partial charge is 0.227 e. The second-order valence-corrected chi connectivity index (χ2v) is 6.92. The first-order valence-electron chi connectivity index (χ1n) is 7.71. The molecule has 2 atom stereocenters. The van der Waals surface area contributed by atoms with Crippen LogP contribution in [-0.4, -0.2) is 50.9 Å². The van der Waals surface area contributed by atoms with Crippen LogP contribution in [0.25, 0.3) is 0 Å². The second-order valence-electron chi connectivity index (χ2n) is 5.80. The van der Waals surface area contributed by atoms with Gasteiger partial charge in [0.15, 0.2) is 5.82 Å². The lowest BCUT2D eigenvalue weighted by molar-refractivity contribution is 0.0759. The predicted octanol–water partition coefficient (Wildman–Crippen LogP) is 2.61. The molecule has 1 aliphatic heterocycles. The highest BCUT2D eigenvalue weighted by Gasteiger charge is 2.27. The minimum Gasteiger partial charge on any atom is -0.368 e. The van der Waals surface area contributed by atoms with Crippen LogP contribution in [0, 0.1) is 0 Å². The summed E-state index contributed by atoms with van der Waals surface area (Å²) in [5.74, 6) is 0.818. The summed E-state index contributed by atoms with van der Waals surface area (Å²) in [6.45, 7) is 8.35. The van der Waals surface area contributed by atoms with Crippen molar-refractivity contribution in [3.63, 3.8) is 0 Å². The van der Waals surface area contributed by atoms with Gasteiger partial charge in [-0.2, -0.15) is 21.3 Å². The summed E-state index contributed by atoms with van der Waals surface area (Å²) in [6, 6.07) is 2.75. The molecule has 3 heterocycles. The Hall–Kier alpha value is -1.28. The van der Waals surface area contributed by atoms with E-state index in [0.29, 0.717) is 11.9 Å². The topological polar surface area (TPSA) is 71.2 Å². The van der Waals surface area contributed by atoms with Gasteiger partial charge in [-0.3, -0.25) is 9.80 Å². The normalized spacial score (nSPS) is 19.6. The van der Waals surface area contributed by atoms with Crippen molar-refractivity contribution in [1.29, 1.82) is 0 Å². The van der Waals surface area contributed by atoms with Gasteiger partial charge in [-0.1, -0.05) is 0 Å². The molecule has 2 N–H and O–H groups in total. The summed E-state index contributed by atoms with van der Waals surface area (Å²) in [4.78, 5) is 17.1. The molecule has 0 radical (unpaired) electrons. The number of piperazine rings is 1. The Labute approximate surface area is 145 Å². The fraction of sp³-hybridized carbons (Fsp3) is 0.533. The van der Waals surface area contributed by atoms with Crippen LogP contribution in [0.5, 0.6) is 0 Å². The second kappa shape index (κ2) is 7.09. The van der Waals surface area contributed by atoms with Gasteiger partial charge in [0.25, 0.3) is 0 Å². The highest BCUT2D eigenvalue weighted by Crippen LogP contribution is 2.26. The summed E-state index contributed by atoms with van der Waals surface area (Å²) in [5, 5.41) is 4.53. The lowest BCUT2D eigenvalue weighted by atomic mass is 10.1. The molecule has 124 valence electrons. The fourth-order valence-corrected chi connectivity index (χ4v) is 3.89. The van der Waals surface area contributed by atoms with Crippen molar-refractivity contribution in [1.82, 2.24) is 24.8 Å². The van der Waals surface area contributed by atoms with Crippen molar-refractivity contribution in [2.45, 2.75) is 25.9 Å². The van der Waals surface area contributed by atoms with Crippen LogP contribution in [-0.2, 0) is 0 Å². The number of nitrogens with zero attached hydrogens (tertiary/aromatic N) is 5. The highest BCUT2D eigenvalue weighted by atomic mass is 35.5. The number of nitrogen functional groups attached to an aromatic ring is 1. The zero-order valence-corrected chi connectivity index (χ0v) is 14.9. The highest BCUT2D eigenvalue weighted by molar-refractivity contribution is 7.07. The van der Waals surface area contributed by atoms with Crippen molar-refractivity contribution < 1.29 is 0 Å². The molecule has 3 rings (SSSR count). The summed E-state index contributed by atoms with van der Waals surface area (Å²) in [7, 11) is 0. The largest absolute Gasteiger partial charge is 0.368 e. The van der Waals surface area contributed by atoms with Crippen molar-refractivity contribution in [2.75, 3.05) is 31.9 Å². The van der Waals surface area contributed by atoms with E-state index in [9.17, 15) is 0 Å². The molecule has 0 unspecified atom stereocenters. The molecule has 2 aromatic heterocycles. The number of halogens is 1. The van der Waals surface area contributed by atoms with E-state index in [4.69, 9.17) is 17.3 Å². The van der Waals surface area contributed by atoms with E-state index in [1.165, 1.54) is 5.56 Å². The number of aromatic nitrogens is 3. The molecule has 23 heavy (non-hydrogen) atoms. The van der Waals surface area contributed by atoms with E-state index in [1.54, 1.807) is 11.3 Å². The molecular weight excluding hydrogens is 332 g/mol. The van der Waals surface area contributed by atoms with Gasteiger partial charge in [-0.05, 0) is 47.8 Å². The maximum absolute atomic E-state index is 5.89. The third kappa shape index (κ3) is 3.80. The first-order valence-corrected chi connectivity index (χ1v) is 9.04. The molecule has 0 saturated carbocycles. The minimum absolute atomic E-state index is 0.0800. The van der Waals surface area contributed by atoms with Gasteiger partial charge in [-0.25, -0.2) is 4.98 Å². The Morgan fingerprint density at radius 2 is 1.74 bits per heavy atom. The van der Waals surface area contributed by atoms with Crippen molar-refractivity contribution in [3.05, 3.63) is 33.5 Å². The van der Waals surface area contributed by atoms with Crippen molar-refractivity contribution in [2.24, 2.45) is 0 Å². The molecule has 2 aromatic rings. The number of thiophene rings is 1. The predicted molar refractivity (Wildman–Crippen MR) is 93.5 cm³/mol. The van der Waals surface area contributed by atoms with Gasteiger partial charge < -0.3 is 5.73 Å². The van der Waals surface area contributed by atoms with Gasteiger partial charge in [0, 0.05) is 32.2 Å². The van der Waals surface area contributed by atoms with Crippen LogP contribution in [0.2, 0.25) is 5.28 Å². The van der Waals surface area contributed by atoms with Gasteiger partial charge in [0.2, 0.25) is 11.2 Å². The van der Waals surface area contributed by atoms with Gasteiger partial charge >= 0.3 is 0 Å². The molecule has 1 fully saturated rings. The molecule has 0 bridgehead atoms. The molecule has 0 aliphatic carbocycles. The van der Waals surface area contributed by atoms with Gasteiger partial charge in [0.1, 0.15) is 0 Å². The molecule has 0 amide bonds. The third-order valence-corrected chi connectivity index (χ3v) is 5.36. The van der Waals surface area contributed by atoms with Crippen LogP contribution in [0.1, 0.15) is 37.3 Å². The van der Waals surface area contributed by atoms with E-state index in [2.05, 4.69) is 55.4 Å². The van der Waals surface area contributed by atoms with Crippen molar-refractivity contribution >= 4 is 28.9 Å². The van der Waals surface area contributed by atoms with Crippen molar-refractivity contribution in [3.8, 4) is 0 Å². The molecule has 6 nitrogen and oxygen atoms in total. The fourth-order valence-electron chi connectivity index (χ4n) is 2.97. The summed E-state index contributed by atoms with van der Waals surface area (Å²) >= 11 is 7.64. The first-order chi connectivity index (χ1) is 11.0. The molecule has 0 aromatic carbocycles. The van der Waals surface area contributed by atoms with E-state index >= 15 is 0 Å². The van der Waals surface area contributed by atoms with Crippen LogP contribution in [0.3, 0.4) is 0 Å². The Morgan fingerprint density at radius 1 is 1.09 bits per heavy atom. The quantitative estimate of drug-likeness (QED) is 0.912. The number of nitrogens with two attached hydrogens (primary N) is 1. The van der Waals surface area contributed by atoms with E-state index < -0.39 is 0 Å². The lowest BCUT2D eigenvalue weighted by Crippen LogP contribution is -2.48. The average molecular weight is 353 g/mol. The zero-order chi connectivity index (χ0) is 16.4. The maximum Gasteiger partial charge on any atom is 0.227 e. The average Bonchev–Trinajstić information content (AvgIpc) is 3.07. The molecule has 8 heteroatoms. The Balaban J connectivity index is 1.62. The SMILES string of the molecule is C[C@H](c1ccsc1)N1CCN([C@H](C)c2nc(N)nc(Cl)n2)CC1. The van der Waals surface area contributed by atoms with E-state index in [0.717, 1.165) is 26.2 Å². The Morgan fingerprint density at radius 3 is 2.30 bits per heavy atom. The number of hydrogen-bond acceptors (Lipinski definition) is 7. The monoisotopic (exact) mass is 352 g/mol. The standard InChI is InChI=1S/C15H21ClN6S/c1-10(12-3-8-23-9-12)21-4-6-22(7-5-21)11(2)13-18-14(16)20-15(17)19-13/h3,8-11H,4-7H2,1-2H3,(H2,17,18,19,20)/t10-,11-/m1/s1. The first kappa shape index (κ1) is 16.6. The number of anilines is 1. The summed E-state index contributed by atoms with van der Waals surface area (Å²) in [6.07, 6.45) is 0. The Kier molecular flexibility index (Phi) is 5.11. The van der Waals surface area contributed by atoms with Crippen LogP contribution < -0.4 is 5.73 Å². The molecule has 1 aliphatic rings. The minimum atomic E-state index is 0.0800. The van der Waals surface area contributed by atoms with Crippen LogP contribution in [0.4, 0.5) is 5.95 Å². The number of rotatable bonds is 4. The summed E-state index contributed by atoms with van der Waals surface area (Å²) in [5.41, 5.74) is 7.07. The van der Waals surface area contributed by atoms with Gasteiger partial charge in [0.05, 0.1) is 6.04 Å². The molecule has 1 saturated heterocycles. The van der Waals surface area contributed by atoms with Gasteiger partial charge in [-0.15, -0.1) is 0 Å². The molecular formula is C15H21ClN6S. The van der Waals surface area contributed by atoms with Crippen LogP contribution in [0.15, 0.2) is 16.8 Å². The lowest BCUT2D eigenvalue weighted by Gasteiger charge is -2.40. The zero-order valence-electron chi connectivity index (χ0n) is 13.3. The maximum atomic E-state index is 5.89. The van der Waals surface area contributed by atoms with Crippen LogP contribution >= 0.6 is 22.9 Å². The third-order valence-electron chi connectivity index (χ3n) is 4.49. The Bertz CT molecular complexity index is 621. The van der Waals surface area contributed by atoms with E-state index in [-0.39, 0.29) is 17.3 Å². The number of hydrogen-bond donors (Lipinski definition) is 1. The molecule has 0 spiro atoms.